The Morgan fingerprint density at radius 1 is 1.17 bits per heavy atom. The number of hydrogen-bond acceptors (Lipinski definition) is 2. The SMILES string of the molecule is OC[C@H](Cc1ccccc1)[NH2+]C[C@H](O)C(F)(F)F. The minimum atomic E-state index is -4.61. The predicted molar refractivity (Wildman–Crippen MR) is 59.9 cm³/mol. The Balaban J connectivity index is 2.43. The van der Waals surface area contributed by atoms with E-state index in [2.05, 4.69) is 0 Å². The summed E-state index contributed by atoms with van der Waals surface area (Å²) >= 11 is 0. The number of rotatable bonds is 6. The second-order valence-electron chi connectivity index (χ2n) is 4.16. The van der Waals surface area contributed by atoms with E-state index in [1.807, 2.05) is 30.3 Å². The molecule has 0 unspecified atom stereocenters. The molecule has 1 rings (SSSR count). The maximum absolute atomic E-state index is 12.1. The van der Waals surface area contributed by atoms with Crippen LogP contribution in [0.4, 0.5) is 13.2 Å². The second kappa shape index (κ2) is 6.72. The lowest BCUT2D eigenvalue weighted by Crippen LogP contribution is -2.93. The molecular formula is C12H17F3NO2+. The summed E-state index contributed by atoms with van der Waals surface area (Å²) in [5.74, 6) is 0. The van der Waals surface area contributed by atoms with E-state index < -0.39 is 18.8 Å². The summed E-state index contributed by atoms with van der Waals surface area (Å²) in [6.45, 7) is -0.735. The minimum absolute atomic E-state index is 0.237. The van der Waals surface area contributed by atoms with E-state index in [0.717, 1.165) is 5.56 Å². The molecular weight excluding hydrogens is 247 g/mol. The zero-order chi connectivity index (χ0) is 13.6. The maximum atomic E-state index is 12.1. The van der Waals surface area contributed by atoms with Gasteiger partial charge >= 0.3 is 6.18 Å². The molecule has 4 N–H and O–H groups in total. The van der Waals surface area contributed by atoms with Crippen LogP contribution in [0.5, 0.6) is 0 Å². The lowest BCUT2D eigenvalue weighted by molar-refractivity contribution is -0.699. The van der Waals surface area contributed by atoms with E-state index in [4.69, 9.17) is 10.2 Å². The van der Waals surface area contributed by atoms with Crippen LogP contribution < -0.4 is 5.32 Å². The molecule has 102 valence electrons. The van der Waals surface area contributed by atoms with Crippen LogP contribution in [-0.4, -0.2) is 41.7 Å². The molecule has 0 amide bonds. The van der Waals surface area contributed by atoms with Gasteiger partial charge in [-0.2, -0.15) is 13.2 Å². The van der Waals surface area contributed by atoms with Crippen molar-refractivity contribution in [2.75, 3.05) is 13.2 Å². The summed E-state index contributed by atoms with van der Waals surface area (Å²) in [5.41, 5.74) is 0.939. The molecule has 0 radical (unpaired) electrons. The van der Waals surface area contributed by atoms with E-state index in [9.17, 15) is 13.2 Å². The molecule has 0 bridgehead atoms. The van der Waals surface area contributed by atoms with E-state index in [1.54, 1.807) is 0 Å². The average Bonchev–Trinajstić information content (AvgIpc) is 2.34. The molecule has 0 fully saturated rings. The Morgan fingerprint density at radius 3 is 2.28 bits per heavy atom. The molecule has 0 saturated carbocycles. The molecule has 1 aromatic rings. The van der Waals surface area contributed by atoms with Crippen molar-refractivity contribution >= 4 is 0 Å². The number of alkyl halides is 3. The van der Waals surface area contributed by atoms with Crippen molar-refractivity contribution in [2.24, 2.45) is 0 Å². The van der Waals surface area contributed by atoms with Gasteiger partial charge in [-0.15, -0.1) is 0 Å². The molecule has 18 heavy (non-hydrogen) atoms. The molecule has 1 aromatic carbocycles. The maximum Gasteiger partial charge on any atom is 0.419 e. The lowest BCUT2D eigenvalue weighted by Gasteiger charge is -2.17. The molecule has 0 saturated heterocycles. The third kappa shape index (κ3) is 5.03. The van der Waals surface area contributed by atoms with Crippen molar-refractivity contribution in [3.8, 4) is 0 Å². The number of halogens is 3. The lowest BCUT2D eigenvalue weighted by atomic mass is 10.1. The summed E-state index contributed by atoms with van der Waals surface area (Å²) in [6, 6.07) is 8.80. The van der Waals surface area contributed by atoms with Gasteiger partial charge in [0.15, 0.2) is 6.10 Å². The molecule has 0 aliphatic carbocycles. The number of aliphatic hydroxyl groups is 2. The summed E-state index contributed by atoms with van der Waals surface area (Å²) in [6.07, 6.45) is -6.51. The van der Waals surface area contributed by atoms with Gasteiger partial charge in [-0.05, 0) is 5.56 Å². The van der Waals surface area contributed by atoms with Gasteiger partial charge < -0.3 is 15.5 Å². The van der Waals surface area contributed by atoms with E-state index in [0.29, 0.717) is 6.42 Å². The van der Waals surface area contributed by atoms with Crippen LogP contribution in [0, 0.1) is 0 Å². The number of nitrogens with two attached hydrogens (primary N) is 1. The first kappa shape index (κ1) is 14.9. The second-order valence-corrected chi connectivity index (χ2v) is 4.16. The number of aliphatic hydroxyl groups excluding tert-OH is 2. The van der Waals surface area contributed by atoms with Crippen LogP contribution in [0.25, 0.3) is 0 Å². The topological polar surface area (TPSA) is 57.1 Å². The average molecular weight is 264 g/mol. The molecule has 3 nitrogen and oxygen atoms in total. The third-order valence-electron chi connectivity index (χ3n) is 2.65. The summed E-state index contributed by atoms with van der Waals surface area (Å²) in [5, 5.41) is 19.3. The standard InChI is InChI=1S/C12H16F3NO2/c13-12(14,15)11(18)7-16-10(8-17)6-9-4-2-1-3-5-9/h1-5,10-11,16-18H,6-8H2/p+1/t10-,11-/m0/s1. The highest BCUT2D eigenvalue weighted by Gasteiger charge is 2.39. The van der Waals surface area contributed by atoms with Crippen LogP contribution in [0.1, 0.15) is 5.56 Å². The zero-order valence-electron chi connectivity index (χ0n) is 9.77. The third-order valence-corrected chi connectivity index (χ3v) is 2.65. The van der Waals surface area contributed by atoms with Gasteiger partial charge in [-0.25, -0.2) is 0 Å². The fraction of sp³-hybridized carbons (Fsp3) is 0.500. The van der Waals surface area contributed by atoms with Gasteiger partial charge in [0.25, 0.3) is 0 Å². The summed E-state index contributed by atoms with van der Waals surface area (Å²) < 4.78 is 36.3. The monoisotopic (exact) mass is 264 g/mol. The van der Waals surface area contributed by atoms with Crippen molar-refractivity contribution in [2.45, 2.75) is 24.7 Å². The Kier molecular flexibility index (Phi) is 5.58. The highest BCUT2D eigenvalue weighted by molar-refractivity contribution is 5.15. The van der Waals surface area contributed by atoms with Gasteiger partial charge in [0, 0.05) is 6.42 Å². The molecule has 0 aromatic heterocycles. The number of hydrogen-bond donors (Lipinski definition) is 3. The Labute approximate surface area is 103 Å². The van der Waals surface area contributed by atoms with Crippen molar-refractivity contribution in [3.63, 3.8) is 0 Å². The molecule has 0 spiro atoms. The minimum Gasteiger partial charge on any atom is -0.390 e. The highest BCUT2D eigenvalue weighted by Crippen LogP contribution is 2.18. The van der Waals surface area contributed by atoms with Gasteiger partial charge in [-0.1, -0.05) is 30.3 Å². The first-order chi connectivity index (χ1) is 8.43. The van der Waals surface area contributed by atoms with Crippen molar-refractivity contribution < 1.29 is 28.7 Å². The number of quaternary nitrogens is 1. The Hall–Kier alpha value is -1.11. The van der Waals surface area contributed by atoms with Crippen molar-refractivity contribution in [1.29, 1.82) is 0 Å². The van der Waals surface area contributed by atoms with E-state index in [1.165, 1.54) is 5.32 Å². The molecule has 6 heteroatoms. The van der Waals surface area contributed by atoms with Crippen LogP contribution in [0.3, 0.4) is 0 Å². The van der Waals surface area contributed by atoms with Crippen molar-refractivity contribution in [1.82, 2.24) is 0 Å². The van der Waals surface area contributed by atoms with E-state index >= 15 is 0 Å². The fourth-order valence-electron chi connectivity index (χ4n) is 1.59. The normalized spacial score (nSPS) is 15.4. The van der Waals surface area contributed by atoms with Crippen LogP contribution >= 0.6 is 0 Å². The van der Waals surface area contributed by atoms with Gasteiger partial charge in [0.2, 0.25) is 0 Å². The summed E-state index contributed by atoms with van der Waals surface area (Å²) in [4.78, 5) is 0. The zero-order valence-corrected chi connectivity index (χ0v) is 9.77. The Bertz CT molecular complexity index is 343. The molecule has 0 heterocycles. The van der Waals surface area contributed by atoms with Crippen LogP contribution in [0.15, 0.2) is 30.3 Å². The predicted octanol–water partition coefficient (Wildman–Crippen LogP) is 0.0766. The molecule has 0 aliphatic rings. The van der Waals surface area contributed by atoms with Gasteiger partial charge in [-0.3, -0.25) is 0 Å². The van der Waals surface area contributed by atoms with Crippen LogP contribution in [-0.2, 0) is 6.42 Å². The first-order valence-corrected chi connectivity index (χ1v) is 5.66. The Morgan fingerprint density at radius 2 is 1.78 bits per heavy atom. The van der Waals surface area contributed by atoms with E-state index in [-0.39, 0.29) is 12.6 Å². The molecule has 2 atom stereocenters. The number of benzene rings is 1. The molecule has 0 aliphatic heterocycles. The van der Waals surface area contributed by atoms with Crippen molar-refractivity contribution in [3.05, 3.63) is 35.9 Å². The van der Waals surface area contributed by atoms with Gasteiger partial charge in [0.05, 0.1) is 6.61 Å². The van der Waals surface area contributed by atoms with Gasteiger partial charge in [0.1, 0.15) is 12.6 Å². The quantitative estimate of drug-likeness (QED) is 0.681. The fourth-order valence-corrected chi connectivity index (χ4v) is 1.59. The summed E-state index contributed by atoms with van der Waals surface area (Å²) in [7, 11) is 0. The highest BCUT2D eigenvalue weighted by atomic mass is 19.4. The largest absolute Gasteiger partial charge is 0.419 e. The first-order valence-electron chi connectivity index (χ1n) is 5.66. The smallest absolute Gasteiger partial charge is 0.390 e. The van der Waals surface area contributed by atoms with Crippen LogP contribution in [0.2, 0.25) is 0 Å².